The SMILES string of the molecule is FC(F)Oc1ccccc1[C@@H]1Oc2ccccc2[C@@H]2CC(c3ccc4c(c3)OCCO4)=NN21. The number of para-hydroxylation sites is 2. The van der Waals surface area contributed by atoms with E-state index in [0.29, 0.717) is 42.4 Å². The van der Waals surface area contributed by atoms with Crippen LogP contribution in [-0.4, -0.2) is 30.5 Å². The van der Waals surface area contributed by atoms with Crippen molar-refractivity contribution in [1.82, 2.24) is 5.01 Å². The van der Waals surface area contributed by atoms with E-state index in [1.54, 1.807) is 18.2 Å². The molecule has 6 rings (SSSR count). The highest BCUT2D eigenvalue weighted by Crippen LogP contribution is 2.49. The summed E-state index contributed by atoms with van der Waals surface area (Å²) in [5.74, 6) is 2.17. The summed E-state index contributed by atoms with van der Waals surface area (Å²) < 4.78 is 48.6. The fraction of sp³-hybridized carbons (Fsp3) is 0.240. The van der Waals surface area contributed by atoms with E-state index in [4.69, 9.17) is 24.0 Å². The van der Waals surface area contributed by atoms with Gasteiger partial charge in [0.2, 0.25) is 6.23 Å². The highest BCUT2D eigenvalue weighted by atomic mass is 19.3. The first-order chi connectivity index (χ1) is 16.2. The Morgan fingerprint density at radius 1 is 0.879 bits per heavy atom. The maximum absolute atomic E-state index is 13.1. The summed E-state index contributed by atoms with van der Waals surface area (Å²) in [7, 11) is 0. The zero-order valence-electron chi connectivity index (χ0n) is 17.5. The van der Waals surface area contributed by atoms with Gasteiger partial charge < -0.3 is 18.9 Å². The van der Waals surface area contributed by atoms with E-state index in [9.17, 15) is 8.78 Å². The second-order valence-corrected chi connectivity index (χ2v) is 7.93. The fourth-order valence-electron chi connectivity index (χ4n) is 4.52. The van der Waals surface area contributed by atoms with E-state index in [0.717, 1.165) is 16.8 Å². The molecule has 0 fully saturated rings. The molecule has 2 atom stereocenters. The second-order valence-electron chi connectivity index (χ2n) is 7.93. The van der Waals surface area contributed by atoms with Gasteiger partial charge in [0.15, 0.2) is 11.5 Å². The molecule has 0 aromatic heterocycles. The first-order valence-corrected chi connectivity index (χ1v) is 10.7. The van der Waals surface area contributed by atoms with Gasteiger partial charge in [-0.05, 0) is 36.4 Å². The maximum atomic E-state index is 13.1. The second kappa shape index (κ2) is 7.95. The molecular formula is C25H20F2N2O4. The number of nitrogens with zero attached hydrogens (tertiary/aromatic N) is 2. The van der Waals surface area contributed by atoms with E-state index >= 15 is 0 Å². The van der Waals surface area contributed by atoms with Crippen LogP contribution in [0.1, 0.15) is 35.4 Å². The molecule has 0 amide bonds. The first-order valence-electron chi connectivity index (χ1n) is 10.7. The van der Waals surface area contributed by atoms with Gasteiger partial charge in [-0.2, -0.15) is 13.9 Å². The summed E-state index contributed by atoms with van der Waals surface area (Å²) in [5, 5.41) is 6.73. The van der Waals surface area contributed by atoms with Gasteiger partial charge in [0, 0.05) is 17.5 Å². The lowest BCUT2D eigenvalue weighted by atomic mass is 9.95. The lowest BCUT2D eigenvalue weighted by Gasteiger charge is -2.38. The van der Waals surface area contributed by atoms with Gasteiger partial charge in [0.05, 0.1) is 17.3 Å². The van der Waals surface area contributed by atoms with Crippen molar-refractivity contribution in [3.8, 4) is 23.0 Å². The Hall–Kier alpha value is -3.81. The van der Waals surface area contributed by atoms with Crippen molar-refractivity contribution >= 4 is 5.71 Å². The van der Waals surface area contributed by atoms with Gasteiger partial charge in [-0.25, -0.2) is 5.01 Å². The molecule has 6 nitrogen and oxygen atoms in total. The molecule has 3 aliphatic heterocycles. The van der Waals surface area contributed by atoms with Crippen LogP contribution < -0.4 is 18.9 Å². The Kier molecular flexibility index (Phi) is 4.78. The molecule has 33 heavy (non-hydrogen) atoms. The average Bonchev–Trinajstić information content (AvgIpc) is 3.29. The van der Waals surface area contributed by atoms with Crippen LogP contribution in [0.3, 0.4) is 0 Å². The number of rotatable bonds is 4. The predicted molar refractivity (Wildman–Crippen MR) is 116 cm³/mol. The molecule has 168 valence electrons. The summed E-state index contributed by atoms with van der Waals surface area (Å²) in [5.41, 5.74) is 3.26. The number of hydrogen-bond donors (Lipinski definition) is 0. The van der Waals surface area contributed by atoms with Crippen LogP contribution in [-0.2, 0) is 0 Å². The normalized spacial score (nSPS) is 20.6. The van der Waals surface area contributed by atoms with Crippen LogP contribution in [0, 0.1) is 0 Å². The lowest BCUT2D eigenvalue weighted by Crippen LogP contribution is -2.34. The van der Waals surface area contributed by atoms with Crippen molar-refractivity contribution in [2.24, 2.45) is 5.10 Å². The van der Waals surface area contributed by atoms with Crippen LogP contribution in [0.25, 0.3) is 0 Å². The lowest BCUT2D eigenvalue weighted by molar-refractivity contribution is -0.0578. The summed E-state index contributed by atoms with van der Waals surface area (Å²) in [6, 6.07) is 20.1. The van der Waals surface area contributed by atoms with Crippen LogP contribution in [0.4, 0.5) is 8.78 Å². The highest BCUT2D eigenvalue weighted by molar-refractivity contribution is 6.02. The number of halogens is 2. The smallest absolute Gasteiger partial charge is 0.387 e. The topological polar surface area (TPSA) is 52.5 Å². The largest absolute Gasteiger partial charge is 0.486 e. The molecule has 0 saturated carbocycles. The first kappa shape index (κ1) is 19.8. The van der Waals surface area contributed by atoms with Crippen molar-refractivity contribution in [3.05, 3.63) is 83.4 Å². The molecule has 0 saturated heterocycles. The molecule has 3 aromatic rings. The number of hydrogen-bond acceptors (Lipinski definition) is 6. The molecule has 0 spiro atoms. The van der Waals surface area contributed by atoms with Crippen LogP contribution in [0.15, 0.2) is 71.8 Å². The van der Waals surface area contributed by atoms with E-state index in [2.05, 4.69) is 0 Å². The van der Waals surface area contributed by atoms with Gasteiger partial charge in [0.25, 0.3) is 0 Å². The van der Waals surface area contributed by atoms with Gasteiger partial charge in [-0.15, -0.1) is 0 Å². The van der Waals surface area contributed by atoms with E-state index < -0.39 is 12.8 Å². The molecule has 0 unspecified atom stereocenters. The molecule has 0 bridgehead atoms. The minimum absolute atomic E-state index is 0.0682. The predicted octanol–water partition coefficient (Wildman–Crippen LogP) is 5.30. The minimum atomic E-state index is -2.94. The quantitative estimate of drug-likeness (QED) is 0.540. The fourth-order valence-corrected chi connectivity index (χ4v) is 4.52. The maximum Gasteiger partial charge on any atom is 0.387 e. The van der Waals surface area contributed by atoms with Crippen molar-refractivity contribution in [2.45, 2.75) is 25.3 Å². The van der Waals surface area contributed by atoms with E-state index in [1.807, 2.05) is 47.5 Å². The van der Waals surface area contributed by atoms with Gasteiger partial charge in [-0.3, -0.25) is 0 Å². The molecule has 3 heterocycles. The number of benzene rings is 3. The summed E-state index contributed by atoms with van der Waals surface area (Å²) in [4.78, 5) is 0. The minimum Gasteiger partial charge on any atom is -0.486 e. The molecule has 3 aromatic carbocycles. The van der Waals surface area contributed by atoms with Crippen molar-refractivity contribution < 1.29 is 27.7 Å². The Balaban J connectivity index is 1.42. The third-order valence-electron chi connectivity index (χ3n) is 5.98. The number of fused-ring (bicyclic) bond motifs is 4. The van der Waals surface area contributed by atoms with Crippen LogP contribution in [0.2, 0.25) is 0 Å². The van der Waals surface area contributed by atoms with Gasteiger partial charge in [-0.1, -0.05) is 30.3 Å². The standard InChI is InChI=1S/C25H20F2N2O4/c26-25(27)33-21-8-4-2-6-17(21)24-29-19(16-5-1-3-7-20(16)32-24)14-18(28-29)15-9-10-22-23(13-15)31-12-11-30-22/h1-10,13,19,24-25H,11-12,14H2/t19-,24-/m0/s1. The van der Waals surface area contributed by atoms with Crippen molar-refractivity contribution in [1.29, 1.82) is 0 Å². The Morgan fingerprint density at radius 2 is 1.64 bits per heavy atom. The van der Waals surface area contributed by atoms with E-state index in [1.165, 1.54) is 6.07 Å². The number of hydrazone groups is 1. The molecule has 0 radical (unpaired) electrons. The zero-order valence-corrected chi connectivity index (χ0v) is 17.5. The van der Waals surface area contributed by atoms with E-state index in [-0.39, 0.29) is 11.8 Å². The van der Waals surface area contributed by atoms with Crippen molar-refractivity contribution in [3.63, 3.8) is 0 Å². The highest BCUT2D eigenvalue weighted by Gasteiger charge is 2.42. The molecule has 0 aliphatic carbocycles. The Labute approximate surface area is 188 Å². The van der Waals surface area contributed by atoms with Crippen LogP contribution >= 0.6 is 0 Å². The van der Waals surface area contributed by atoms with Crippen molar-refractivity contribution in [2.75, 3.05) is 13.2 Å². The molecule has 8 heteroatoms. The summed E-state index contributed by atoms with van der Waals surface area (Å²) in [6.07, 6.45) is -0.0800. The molecule has 0 N–H and O–H groups in total. The van der Waals surface area contributed by atoms with Gasteiger partial charge >= 0.3 is 6.61 Å². The number of ether oxygens (including phenoxy) is 4. The Morgan fingerprint density at radius 3 is 2.48 bits per heavy atom. The van der Waals surface area contributed by atoms with Gasteiger partial charge in [0.1, 0.15) is 24.7 Å². The third kappa shape index (κ3) is 3.51. The average molecular weight is 450 g/mol. The monoisotopic (exact) mass is 450 g/mol. The number of alkyl halides is 2. The Bertz CT molecular complexity index is 1230. The molecular weight excluding hydrogens is 430 g/mol. The summed E-state index contributed by atoms with van der Waals surface area (Å²) >= 11 is 0. The summed E-state index contributed by atoms with van der Waals surface area (Å²) in [6.45, 7) is -1.91. The third-order valence-corrected chi connectivity index (χ3v) is 5.98. The van der Waals surface area contributed by atoms with Crippen LogP contribution in [0.5, 0.6) is 23.0 Å². The molecule has 3 aliphatic rings. The zero-order chi connectivity index (χ0) is 22.4.